The summed E-state index contributed by atoms with van der Waals surface area (Å²) in [5.74, 6) is -0.285. The van der Waals surface area contributed by atoms with Crippen LogP contribution in [0.4, 0.5) is 4.39 Å². The van der Waals surface area contributed by atoms with Crippen LogP contribution in [0.25, 0.3) is 0 Å². The zero-order valence-electron chi connectivity index (χ0n) is 11.4. The Bertz CT molecular complexity index is 467. The van der Waals surface area contributed by atoms with E-state index in [9.17, 15) is 4.39 Å². The van der Waals surface area contributed by atoms with Crippen LogP contribution in [-0.4, -0.2) is 43.3 Å². The van der Waals surface area contributed by atoms with Gasteiger partial charge in [0.15, 0.2) is 0 Å². The minimum Gasteiger partial charge on any atom is -0.378 e. The molecule has 1 saturated carbocycles. The van der Waals surface area contributed by atoms with Gasteiger partial charge < -0.3 is 10.1 Å². The maximum atomic E-state index is 13.1. The summed E-state index contributed by atoms with van der Waals surface area (Å²) >= 11 is 6.12. The Hall–Kier alpha value is -0.680. The molecule has 3 nitrogen and oxygen atoms in total. The molecule has 1 atom stereocenters. The van der Waals surface area contributed by atoms with Gasteiger partial charge in [-0.25, -0.2) is 4.39 Å². The summed E-state index contributed by atoms with van der Waals surface area (Å²) in [6, 6.07) is 5.70. The molecule has 1 unspecified atom stereocenters. The number of nitrogens with zero attached hydrogens (tertiary/aromatic N) is 1. The van der Waals surface area contributed by atoms with Gasteiger partial charge in [0.2, 0.25) is 0 Å². The third kappa shape index (κ3) is 3.70. The summed E-state index contributed by atoms with van der Waals surface area (Å²) in [5, 5.41) is 4.06. The number of ether oxygens (including phenoxy) is 1. The molecule has 1 heterocycles. The van der Waals surface area contributed by atoms with Gasteiger partial charge >= 0.3 is 0 Å². The number of hydrogen-bond acceptors (Lipinski definition) is 3. The summed E-state index contributed by atoms with van der Waals surface area (Å²) in [5.41, 5.74) is 0.978. The van der Waals surface area contributed by atoms with Crippen LogP contribution < -0.4 is 5.32 Å². The first-order valence-electron chi connectivity index (χ1n) is 7.21. The van der Waals surface area contributed by atoms with Crippen LogP contribution in [-0.2, 0) is 11.3 Å². The highest BCUT2D eigenvalue weighted by Gasteiger charge is 2.27. The van der Waals surface area contributed by atoms with Crippen molar-refractivity contribution in [1.82, 2.24) is 10.2 Å². The van der Waals surface area contributed by atoms with E-state index in [4.69, 9.17) is 16.3 Å². The summed E-state index contributed by atoms with van der Waals surface area (Å²) in [6.45, 7) is 4.09. The van der Waals surface area contributed by atoms with Crippen LogP contribution in [0.5, 0.6) is 0 Å². The minimum absolute atomic E-state index is 0.285. The summed E-state index contributed by atoms with van der Waals surface area (Å²) in [7, 11) is 0. The van der Waals surface area contributed by atoms with Gasteiger partial charge in [-0.2, -0.15) is 0 Å². The fourth-order valence-corrected chi connectivity index (χ4v) is 2.77. The Morgan fingerprint density at radius 3 is 3.00 bits per heavy atom. The van der Waals surface area contributed by atoms with Gasteiger partial charge in [0.05, 0.1) is 13.2 Å². The Balaban J connectivity index is 1.62. The summed E-state index contributed by atoms with van der Waals surface area (Å²) in [4.78, 5) is 2.37. The van der Waals surface area contributed by atoms with E-state index in [2.05, 4.69) is 10.2 Å². The van der Waals surface area contributed by atoms with Gasteiger partial charge in [-0.1, -0.05) is 17.7 Å². The lowest BCUT2D eigenvalue weighted by molar-refractivity contribution is -0.0110. The van der Waals surface area contributed by atoms with Crippen LogP contribution >= 0.6 is 11.6 Å². The van der Waals surface area contributed by atoms with E-state index in [0.717, 1.165) is 38.4 Å². The standard InChI is InChI=1S/C15H20ClFN2O/c16-15-7-12(17)2-1-11(15)9-19-5-6-20-10-14(19)8-18-13-3-4-13/h1-2,7,13-14,18H,3-6,8-10H2. The van der Waals surface area contributed by atoms with Crippen molar-refractivity contribution in [3.8, 4) is 0 Å². The highest BCUT2D eigenvalue weighted by Crippen LogP contribution is 2.22. The fraction of sp³-hybridized carbons (Fsp3) is 0.600. The van der Waals surface area contributed by atoms with Crippen LogP contribution in [0.3, 0.4) is 0 Å². The number of rotatable bonds is 5. The van der Waals surface area contributed by atoms with Crippen LogP contribution in [0.2, 0.25) is 5.02 Å². The number of morpholine rings is 1. The first-order chi connectivity index (χ1) is 9.72. The first kappa shape index (κ1) is 14.3. The van der Waals surface area contributed by atoms with Crippen LogP contribution in [0.1, 0.15) is 18.4 Å². The van der Waals surface area contributed by atoms with E-state index in [1.165, 1.54) is 25.0 Å². The Morgan fingerprint density at radius 1 is 1.40 bits per heavy atom. The Labute approximate surface area is 124 Å². The van der Waals surface area contributed by atoms with Crippen molar-refractivity contribution < 1.29 is 9.13 Å². The monoisotopic (exact) mass is 298 g/mol. The maximum absolute atomic E-state index is 13.1. The van der Waals surface area contributed by atoms with Crippen molar-refractivity contribution in [1.29, 1.82) is 0 Å². The molecule has 0 aromatic heterocycles. The molecule has 0 amide bonds. The predicted octanol–water partition coefficient (Wildman–Crippen LogP) is 2.43. The predicted molar refractivity (Wildman–Crippen MR) is 77.5 cm³/mol. The quantitative estimate of drug-likeness (QED) is 0.903. The SMILES string of the molecule is Fc1ccc(CN2CCOCC2CNC2CC2)c(Cl)c1. The number of nitrogens with one attached hydrogen (secondary N) is 1. The van der Waals surface area contributed by atoms with Gasteiger partial charge in [-0.05, 0) is 30.5 Å². The molecule has 1 aromatic rings. The normalized spacial score (nSPS) is 24.0. The maximum Gasteiger partial charge on any atom is 0.124 e. The Morgan fingerprint density at radius 2 is 2.25 bits per heavy atom. The fourth-order valence-electron chi connectivity index (χ4n) is 2.54. The minimum atomic E-state index is -0.285. The molecule has 3 rings (SSSR count). The molecule has 5 heteroatoms. The van der Waals surface area contributed by atoms with Crippen molar-refractivity contribution in [3.63, 3.8) is 0 Å². The molecule has 110 valence electrons. The Kier molecular flexibility index (Phi) is 4.56. The van der Waals surface area contributed by atoms with E-state index in [0.29, 0.717) is 17.1 Å². The first-order valence-corrected chi connectivity index (χ1v) is 7.59. The van der Waals surface area contributed by atoms with E-state index in [-0.39, 0.29) is 5.82 Å². The molecule has 1 aliphatic heterocycles. The van der Waals surface area contributed by atoms with E-state index in [1.807, 2.05) is 0 Å². The molecule has 1 aliphatic carbocycles. The third-order valence-corrected chi connectivity index (χ3v) is 4.31. The molecule has 1 N–H and O–H groups in total. The van der Waals surface area contributed by atoms with E-state index in [1.54, 1.807) is 6.07 Å². The van der Waals surface area contributed by atoms with Crippen molar-refractivity contribution in [3.05, 3.63) is 34.6 Å². The molecule has 20 heavy (non-hydrogen) atoms. The third-order valence-electron chi connectivity index (χ3n) is 3.96. The smallest absolute Gasteiger partial charge is 0.124 e. The molecule has 2 fully saturated rings. The molecule has 0 radical (unpaired) electrons. The van der Waals surface area contributed by atoms with Gasteiger partial charge in [-0.3, -0.25) is 4.90 Å². The lowest BCUT2D eigenvalue weighted by atomic mass is 10.1. The highest BCUT2D eigenvalue weighted by molar-refractivity contribution is 6.31. The van der Waals surface area contributed by atoms with Crippen LogP contribution in [0.15, 0.2) is 18.2 Å². The van der Waals surface area contributed by atoms with Crippen molar-refractivity contribution in [2.75, 3.05) is 26.3 Å². The van der Waals surface area contributed by atoms with Crippen molar-refractivity contribution in [2.45, 2.75) is 31.5 Å². The number of benzene rings is 1. The molecular formula is C15H20ClFN2O. The highest BCUT2D eigenvalue weighted by atomic mass is 35.5. The molecule has 1 aromatic carbocycles. The second-order valence-corrected chi connectivity index (χ2v) is 6.02. The topological polar surface area (TPSA) is 24.5 Å². The largest absolute Gasteiger partial charge is 0.378 e. The molecule has 0 bridgehead atoms. The van der Waals surface area contributed by atoms with Gasteiger partial charge in [-0.15, -0.1) is 0 Å². The second-order valence-electron chi connectivity index (χ2n) is 5.62. The lowest BCUT2D eigenvalue weighted by Crippen LogP contribution is -2.50. The number of hydrogen-bond donors (Lipinski definition) is 1. The molecular weight excluding hydrogens is 279 g/mol. The second kappa shape index (κ2) is 6.39. The molecule has 2 aliphatic rings. The summed E-state index contributed by atoms with van der Waals surface area (Å²) in [6.07, 6.45) is 2.58. The lowest BCUT2D eigenvalue weighted by Gasteiger charge is -2.36. The molecule has 1 saturated heterocycles. The van der Waals surface area contributed by atoms with Gasteiger partial charge in [0.25, 0.3) is 0 Å². The zero-order chi connectivity index (χ0) is 13.9. The van der Waals surface area contributed by atoms with Crippen molar-refractivity contribution >= 4 is 11.6 Å². The van der Waals surface area contributed by atoms with E-state index < -0.39 is 0 Å². The number of halogens is 2. The average Bonchev–Trinajstić information content (AvgIpc) is 3.25. The van der Waals surface area contributed by atoms with Crippen molar-refractivity contribution in [2.24, 2.45) is 0 Å². The van der Waals surface area contributed by atoms with Gasteiger partial charge in [0.1, 0.15) is 5.82 Å². The van der Waals surface area contributed by atoms with Crippen LogP contribution in [0, 0.1) is 5.82 Å². The zero-order valence-corrected chi connectivity index (χ0v) is 12.2. The molecule has 0 spiro atoms. The van der Waals surface area contributed by atoms with Gasteiger partial charge in [0, 0.05) is 36.7 Å². The van der Waals surface area contributed by atoms with E-state index >= 15 is 0 Å². The summed E-state index contributed by atoms with van der Waals surface area (Å²) < 4.78 is 18.7. The average molecular weight is 299 g/mol.